The molecule has 140 valence electrons. The second-order valence-corrected chi connectivity index (χ2v) is 7.25. The fourth-order valence-electron chi connectivity index (χ4n) is 2.37. The molecular weight excluding hydrogens is 372 g/mol. The second-order valence-electron chi connectivity index (χ2n) is 5.76. The van der Waals surface area contributed by atoms with Crippen molar-refractivity contribution < 1.29 is 27.2 Å². The summed E-state index contributed by atoms with van der Waals surface area (Å²) in [6.07, 6.45) is -1.13. The van der Waals surface area contributed by atoms with Gasteiger partial charge in [0.2, 0.25) is 10.9 Å². The number of ether oxygens (including phenoxy) is 1. The number of carbonyl (C=O) groups is 2. The number of hydrogen-bond acceptors (Lipinski definition) is 6. The van der Waals surface area contributed by atoms with E-state index in [1.54, 1.807) is 12.1 Å². The molecule has 0 fully saturated rings. The van der Waals surface area contributed by atoms with Crippen LogP contribution in [-0.2, 0) is 19.6 Å². The van der Waals surface area contributed by atoms with Crippen molar-refractivity contribution >= 4 is 38.4 Å². The highest BCUT2D eigenvalue weighted by molar-refractivity contribution is 7.89. The number of esters is 1. The Morgan fingerprint density at radius 2 is 1.78 bits per heavy atom. The number of sulfonamides is 1. The molecule has 1 amide bonds. The molecule has 3 N–H and O–H groups in total. The molecule has 0 aliphatic heterocycles. The van der Waals surface area contributed by atoms with Gasteiger partial charge in [-0.3, -0.25) is 4.79 Å². The van der Waals surface area contributed by atoms with Gasteiger partial charge in [-0.1, -0.05) is 30.3 Å². The van der Waals surface area contributed by atoms with E-state index in [-0.39, 0.29) is 5.76 Å². The molecule has 1 atom stereocenters. The summed E-state index contributed by atoms with van der Waals surface area (Å²) in [7, 11) is -4.07. The summed E-state index contributed by atoms with van der Waals surface area (Å²) in [6.45, 7) is 1.39. The highest BCUT2D eigenvalue weighted by Crippen LogP contribution is 2.19. The van der Waals surface area contributed by atoms with Gasteiger partial charge in [-0.25, -0.2) is 18.4 Å². The van der Waals surface area contributed by atoms with E-state index in [1.807, 2.05) is 30.3 Å². The average molecular weight is 388 g/mol. The monoisotopic (exact) mass is 388 g/mol. The van der Waals surface area contributed by atoms with Gasteiger partial charge in [-0.2, -0.15) is 0 Å². The van der Waals surface area contributed by atoms with E-state index in [0.717, 1.165) is 22.9 Å². The van der Waals surface area contributed by atoms with Crippen LogP contribution in [0, 0.1) is 0 Å². The number of rotatable bonds is 5. The van der Waals surface area contributed by atoms with Crippen molar-refractivity contribution in [1.29, 1.82) is 0 Å². The minimum absolute atomic E-state index is 0.371. The van der Waals surface area contributed by atoms with Crippen LogP contribution in [0.3, 0.4) is 0 Å². The molecule has 0 aliphatic carbocycles. The van der Waals surface area contributed by atoms with Crippen molar-refractivity contribution in [3.8, 4) is 0 Å². The Bertz CT molecular complexity index is 1120. The van der Waals surface area contributed by atoms with Crippen molar-refractivity contribution in [3.63, 3.8) is 0 Å². The largest absolute Gasteiger partial charge is 0.447 e. The van der Waals surface area contributed by atoms with E-state index in [0.29, 0.717) is 5.69 Å². The normalized spacial score (nSPS) is 12.5. The number of carbonyl (C=O) groups excluding carboxylic acids is 2. The zero-order valence-corrected chi connectivity index (χ0v) is 15.0. The maximum Gasteiger partial charge on any atom is 0.375 e. The van der Waals surface area contributed by atoms with E-state index >= 15 is 0 Å². The van der Waals surface area contributed by atoms with Gasteiger partial charge in [0.1, 0.15) is 0 Å². The molecule has 1 aromatic heterocycles. The van der Waals surface area contributed by atoms with Gasteiger partial charge in [0.15, 0.2) is 6.10 Å². The minimum atomic E-state index is -4.07. The van der Waals surface area contributed by atoms with E-state index in [9.17, 15) is 18.0 Å². The molecule has 0 bridgehead atoms. The number of anilines is 1. The maximum absolute atomic E-state index is 12.2. The van der Waals surface area contributed by atoms with Crippen molar-refractivity contribution in [1.82, 2.24) is 0 Å². The van der Waals surface area contributed by atoms with Gasteiger partial charge < -0.3 is 14.5 Å². The molecule has 3 aromatic rings. The SMILES string of the molecule is CC(OC(=O)c1ccc(S(N)(=O)=O)o1)C(=O)Nc1ccc2ccccc2c1. The first-order valence-corrected chi connectivity index (χ1v) is 9.42. The van der Waals surface area contributed by atoms with Crippen molar-refractivity contribution in [2.45, 2.75) is 18.1 Å². The summed E-state index contributed by atoms with van der Waals surface area (Å²) in [4.78, 5) is 24.2. The summed E-state index contributed by atoms with van der Waals surface area (Å²) in [5.41, 5.74) is 0.552. The lowest BCUT2D eigenvalue weighted by Gasteiger charge is -2.13. The van der Waals surface area contributed by atoms with Crippen LogP contribution in [0.5, 0.6) is 0 Å². The first kappa shape index (κ1) is 18.6. The second kappa shape index (κ2) is 7.22. The number of benzene rings is 2. The van der Waals surface area contributed by atoms with Crippen LogP contribution in [0.2, 0.25) is 0 Å². The molecule has 3 rings (SSSR count). The zero-order chi connectivity index (χ0) is 19.6. The minimum Gasteiger partial charge on any atom is -0.447 e. The number of amides is 1. The van der Waals surface area contributed by atoms with Crippen molar-refractivity contribution in [2.75, 3.05) is 5.32 Å². The van der Waals surface area contributed by atoms with E-state index in [1.165, 1.54) is 6.92 Å². The molecule has 8 nitrogen and oxygen atoms in total. The van der Waals surface area contributed by atoms with Gasteiger partial charge >= 0.3 is 5.97 Å². The Balaban J connectivity index is 1.66. The third kappa shape index (κ3) is 4.33. The standard InChI is InChI=1S/C18H16N2O6S/c1-11(25-18(22)15-8-9-16(26-15)27(19,23)24)17(21)20-14-7-6-12-4-2-3-5-13(12)10-14/h2-11H,1H3,(H,20,21)(H2,19,23,24). The molecule has 0 radical (unpaired) electrons. The number of primary sulfonamides is 1. The molecule has 1 unspecified atom stereocenters. The van der Waals surface area contributed by atoms with E-state index in [2.05, 4.69) is 5.32 Å². The fourth-order valence-corrected chi connectivity index (χ4v) is 2.83. The van der Waals surface area contributed by atoms with Gasteiger partial charge in [0.05, 0.1) is 0 Å². The summed E-state index contributed by atoms with van der Waals surface area (Å²) in [5, 5.41) is 8.97. The highest BCUT2D eigenvalue weighted by atomic mass is 32.2. The molecule has 9 heteroatoms. The summed E-state index contributed by atoms with van der Waals surface area (Å²) in [5.74, 6) is -1.90. The molecule has 0 saturated heterocycles. The van der Waals surface area contributed by atoms with E-state index in [4.69, 9.17) is 14.3 Å². The van der Waals surface area contributed by atoms with Crippen LogP contribution in [0.25, 0.3) is 10.8 Å². The molecule has 2 aromatic carbocycles. The predicted molar refractivity (Wildman–Crippen MR) is 97.5 cm³/mol. The summed E-state index contributed by atoms with van der Waals surface area (Å²) in [6, 6.07) is 15.2. The Morgan fingerprint density at radius 1 is 1.07 bits per heavy atom. The first-order valence-electron chi connectivity index (χ1n) is 7.87. The van der Waals surface area contributed by atoms with Gasteiger partial charge in [-0.15, -0.1) is 0 Å². The smallest absolute Gasteiger partial charge is 0.375 e. The van der Waals surface area contributed by atoms with Crippen LogP contribution in [0.4, 0.5) is 5.69 Å². The predicted octanol–water partition coefficient (Wildman–Crippen LogP) is 2.26. The summed E-state index contributed by atoms with van der Waals surface area (Å²) < 4.78 is 32.2. The van der Waals surface area contributed by atoms with Gasteiger partial charge in [-0.05, 0) is 42.0 Å². The lowest BCUT2D eigenvalue weighted by Crippen LogP contribution is -2.29. The van der Waals surface area contributed by atoms with Gasteiger partial charge in [0.25, 0.3) is 15.9 Å². The summed E-state index contributed by atoms with van der Waals surface area (Å²) >= 11 is 0. The Labute approximate surface area is 155 Å². The van der Waals surface area contributed by atoms with Crippen LogP contribution in [0.15, 0.2) is 64.1 Å². The molecule has 1 heterocycles. The molecule has 27 heavy (non-hydrogen) atoms. The number of hydrogen-bond donors (Lipinski definition) is 2. The lowest BCUT2D eigenvalue weighted by molar-refractivity contribution is -0.123. The Morgan fingerprint density at radius 3 is 2.44 bits per heavy atom. The topological polar surface area (TPSA) is 129 Å². The highest BCUT2D eigenvalue weighted by Gasteiger charge is 2.23. The Hall–Kier alpha value is -3.17. The van der Waals surface area contributed by atoms with Crippen molar-refractivity contribution in [3.05, 3.63) is 60.4 Å². The Kier molecular flexibility index (Phi) is 4.98. The molecule has 0 aliphatic rings. The van der Waals surface area contributed by atoms with E-state index < -0.39 is 33.1 Å². The average Bonchev–Trinajstić information content (AvgIpc) is 3.12. The van der Waals surface area contributed by atoms with Crippen LogP contribution in [-0.4, -0.2) is 26.4 Å². The van der Waals surface area contributed by atoms with Crippen LogP contribution < -0.4 is 10.5 Å². The molecule has 0 spiro atoms. The van der Waals surface area contributed by atoms with Crippen LogP contribution in [0.1, 0.15) is 17.5 Å². The number of fused-ring (bicyclic) bond motifs is 1. The fraction of sp³-hybridized carbons (Fsp3) is 0.111. The molecule has 0 saturated carbocycles. The number of nitrogens with two attached hydrogens (primary N) is 1. The zero-order valence-electron chi connectivity index (χ0n) is 14.2. The third-order valence-electron chi connectivity index (χ3n) is 3.73. The number of furan rings is 1. The van der Waals surface area contributed by atoms with Gasteiger partial charge in [0, 0.05) is 5.69 Å². The quantitative estimate of drug-likeness (QED) is 0.645. The lowest BCUT2D eigenvalue weighted by atomic mass is 10.1. The first-order chi connectivity index (χ1) is 12.7. The van der Waals surface area contributed by atoms with Crippen molar-refractivity contribution in [2.24, 2.45) is 5.14 Å². The number of nitrogens with one attached hydrogen (secondary N) is 1. The molecular formula is C18H16N2O6S. The third-order valence-corrected chi connectivity index (χ3v) is 4.51. The maximum atomic E-state index is 12.2. The van der Waals surface area contributed by atoms with Crippen LogP contribution >= 0.6 is 0 Å².